The van der Waals surface area contributed by atoms with E-state index in [2.05, 4.69) is 53.5 Å². The predicted octanol–water partition coefficient (Wildman–Crippen LogP) is 7.03. The van der Waals surface area contributed by atoms with Gasteiger partial charge in [0, 0.05) is 34.9 Å². The number of ether oxygens (including phenoxy) is 3. The van der Waals surface area contributed by atoms with E-state index in [1.54, 1.807) is 6.92 Å². The Balaban J connectivity index is 2.00. The van der Waals surface area contributed by atoms with E-state index in [0.29, 0.717) is 25.2 Å². The minimum atomic E-state index is -6.06. The Morgan fingerprint density at radius 1 is 0.953 bits per heavy atom. The molecule has 0 amide bonds. The molecule has 0 spiro atoms. The van der Waals surface area contributed by atoms with Crippen LogP contribution in [0.2, 0.25) is 51.4 Å². The molecule has 16 heteroatoms. The van der Waals surface area contributed by atoms with Crippen molar-refractivity contribution in [3.05, 3.63) is 35.8 Å². The third kappa shape index (κ3) is 9.73. The quantitative estimate of drug-likeness (QED) is 0.0426. The van der Waals surface area contributed by atoms with Crippen LogP contribution in [0.3, 0.4) is 0 Å². The van der Waals surface area contributed by atoms with E-state index < -0.39 is 43.5 Å². The number of hydrogen-bond donors (Lipinski definition) is 0. The first-order valence-electron chi connectivity index (χ1n) is 13.8. The zero-order valence-electron chi connectivity index (χ0n) is 25.5. The third-order valence-electron chi connectivity index (χ3n) is 6.40. The second kappa shape index (κ2) is 13.6. The van der Waals surface area contributed by atoms with Crippen LogP contribution < -0.4 is 8.92 Å². The fourth-order valence-corrected chi connectivity index (χ4v) is 5.75. The van der Waals surface area contributed by atoms with Gasteiger partial charge in [0.15, 0.2) is 18.4 Å². The molecule has 2 heterocycles. The Morgan fingerprint density at radius 3 is 2.16 bits per heavy atom. The number of fused-ring (bicyclic) bond motifs is 1. The van der Waals surface area contributed by atoms with Crippen molar-refractivity contribution in [2.24, 2.45) is 0 Å². The van der Waals surface area contributed by atoms with E-state index in [0.717, 1.165) is 24.4 Å². The standard InChI is InChI=1S/C27H39F4N3O6SSi2/c1-8-19-13-25(39-18-38-10-12-43(5,6)7)22(28)14-20(19)23-15-24-21(26(33-23)40-41(35,36)27(29,30)31)16-32-34(24)17-37-9-11-42(2,3)4/h13-16H,8-12,17-18H2,1-7H3. The summed E-state index contributed by atoms with van der Waals surface area (Å²) in [6, 6.07) is 5.86. The van der Waals surface area contributed by atoms with Crippen molar-refractivity contribution in [2.45, 2.75) is 77.0 Å². The van der Waals surface area contributed by atoms with Gasteiger partial charge in [-0.2, -0.15) is 26.7 Å². The Kier molecular flexibility index (Phi) is 11.1. The van der Waals surface area contributed by atoms with Crippen LogP contribution in [0.15, 0.2) is 24.4 Å². The average molecular weight is 666 g/mol. The summed E-state index contributed by atoms with van der Waals surface area (Å²) >= 11 is 0. The Morgan fingerprint density at radius 2 is 1.58 bits per heavy atom. The molecule has 43 heavy (non-hydrogen) atoms. The van der Waals surface area contributed by atoms with Gasteiger partial charge in [-0.25, -0.2) is 14.1 Å². The zero-order valence-corrected chi connectivity index (χ0v) is 28.3. The van der Waals surface area contributed by atoms with Crippen molar-refractivity contribution in [3.63, 3.8) is 0 Å². The lowest BCUT2D eigenvalue weighted by Gasteiger charge is -2.17. The molecule has 0 aliphatic heterocycles. The summed E-state index contributed by atoms with van der Waals surface area (Å²) in [4.78, 5) is 4.08. The van der Waals surface area contributed by atoms with Gasteiger partial charge in [-0.3, -0.25) is 0 Å². The summed E-state index contributed by atoms with van der Waals surface area (Å²) in [6.07, 6.45) is 1.52. The summed E-state index contributed by atoms with van der Waals surface area (Å²) in [5.41, 5.74) is -4.74. The molecule has 0 unspecified atom stereocenters. The molecule has 3 rings (SSSR count). The number of alkyl halides is 3. The molecule has 0 radical (unpaired) electrons. The highest BCUT2D eigenvalue weighted by Gasteiger charge is 2.49. The van der Waals surface area contributed by atoms with E-state index in [1.807, 2.05) is 0 Å². The van der Waals surface area contributed by atoms with Gasteiger partial charge in [0.25, 0.3) is 0 Å². The maximum atomic E-state index is 15.2. The number of benzene rings is 1. The topological polar surface area (TPSA) is 102 Å². The first kappa shape index (κ1) is 34.9. The average Bonchev–Trinajstić information content (AvgIpc) is 3.28. The summed E-state index contributed by atoms with van der Waals surface area (Å²) < 4.78 is 101. The fraction of sp³-hybridized carbons (Fsp3) is 0.556. The lowest BCUT2D eigenvalue weighted by molar-refractivity contribution is -0.0500. The van der Waals surface area contributed by atoms with Gasteiger partial charge in [-0.1, -0.05) is 46.2 Å². The van der Waals surface area contributed by atoms with Gasteiger partial charge in [0.2, 0.25) is 5.88 Å². The Labute approximate surface area is 251 Å². The minimum Gasteiger partial charge on any atom is -0.464 e. The normalized spacial score (nSPS) is 13.1. The van der Waals surface area contributed by atoms with E-state index >= 15 is 4.39 Å². The molecule has 9 nitrogen and oxygen atoms in total. The molecule has 0 aliphatic rings. The highest BCUT2D eigenvalue weighted by molar-refractivity contribution is 7.88. The molecule has 0 saturated heterocycles. The first-order chi connectivity index (χ1) is 19.8. The van der Waals surface area contributed by atoms with E-state index in [-0.39, 0.29) is 41.4 Å². The molecule has 2 aromatic heterocycles. The molecular formula is C27H39F4N3O6SSi2. The molecule has 3 aromatic rings. The second-order valence-electron chi connectivity index (χ2n) is 12.5. The summed E-state index contributed by atoms with van der Waals surface area (Å²) in [6.45, 7) is 15.7. The molecule has 0 saturated carbocycles. The molecule has 0 bridgehead atoms. The number of aromatic nitrogens is 3. The van der Waals surface area contributed by atoms with Crippen molar-refractivity contribution in [1.29, 1.82) is 0 Å². The Hall–Kier alpha value is -2.54. The predicted molar refractivity (Wildman–Crippen MR) is 162 cm³/mol. The van der Waals surface area contributed by atoms with Crippen molar-refractivity contribution in [2.75, 3.05) is 20.0 Å². The molecular weight excluding hydrogens is 627 g/mol. The third-order valence-corrected chi connectivity index (χ3v) is 10.7. The van der Waals surface area contributed by atoms with Crippen molar-refractivity contribution < 1.29 is 44.4 Å². The highest BCUT2D eigenvalue weighted by atomic mass is 32.2. The van der Waals surface area contributed by atoms with Crippen LogP contribution in [-0.2, 0) is 32.7 Å². The number of aryl methyl sites for hydroxylation is 1. The van der Waals surface area contributed by atoms with Crippen LogP contribution in [0.1, 0.15) is 12.5 Å². The maximum Gasteiger partial charge on any atom is 0.534 e. The molecule has 240 valence electrons. The van der Waals surface area contributed by atoms with Gasteiger partial charge in [0.05, 0.1) is 22.8 Å². The van der Waals surface area contributed by atoms with Crippen LogP contribution >= 0.6 is 0 Å². The molecule has 0 aliphatic carbocycles. The zero-order chi connectivity index (χ0) is 32.2. The monoisotopic (exact) mass is 665 g/mol. The van der Waals surface area contributed by atoms with E-state index in [4.69, 9.17) is 14.2 Å². The molecule has 1 aromatic carbocycles. The largest absolute Gasteiger partial charge is 0.534 e. The van der Waals surface area contributed by atoms with Crippen molar-refractivity contribution in [3.8, 4) is 22.9 Å². The molecule has 0 fully saturated rings. The van der Waals surface area contributed by atoms with E-state index in [1.165, 1.54) is 16.8 Å². The summed E-state index contributed by atoms with van der Waals surface area (Å²) in [5.74, 6) is -1.65. The summed E-state index contributed by atoms with van der Waals surface area (Å²) in [7, 11) is -8.75. The number of nitrogens with zero attached hydrogens (tertiary/aromatic N) is 3. The fourth-order valence-electron chi connectivity index (χ4n) is 3.81. The van der Waals surface area contributed by atoms with Gasteiger partial charge in [-0.15, -0.1) is 0 Å². The van der Waals surface area contributed by atoms with Crippen LogP contribution in [0, 0.1) is 5.82 Å². The number of pyridine rings is 1. The number of halogens is 4. The smallest absolute Gasteiger partial charge is 0.464 e. The Bertz CT molecular complexity index is 1520. The van der Waals surface area contributed by atoms with Gasteiger partial charge < -0.3 is 18.4 Å². The van der Waals surface area contributed by atoms with Gasteiger partial charge in [-0.05, 0) is 42.3 Å². The van der Waals surface area contributed by atoms with E-state index in [9.17, 15) is 21.6 Å². The summed E-state index contributed by atoms with van der Waals surface area (Å²) in [5, 5.41) is 4.07. The minimum absolute atomic E-state index is 0.0163. The van der Waals surface area contributed by atoms with Crippen LogP contribution in [0.4, 0.5) is 17.6 Å². The molecule has 0 N–H and O–H groups in total. The first-order valence-corrected chi connectivity index (χ1v) is 22.6. The maximum absolute atomic E-state index is 15.2. The van der Waals surface area contributed by atoms with Gasteiger partial charge in [0.1, 0.15) is 6.73 Å². The number of rotatable bonds is 15. The van der Waals surface area contributed by atoms with Crippen LogP contribution in [0.5, 0.6) is 11.6 Å². The molecule has 0 atom stereocenters. The van der Waals surface area contributed by atoms with Crippen LogP contribution in [0.25, 0.3) is 22.2 Å². The SMILES string of the molecule is CCc1cc(OCOCC[Si](C)(C)C)c(F)cc1-c1cc2c(cnn2COCC[Si](C)(C)C)c(OS(=O)(=O)C(F)(F)F)n1. The van der Waals surface area contributed by atoms with Crippen molar-refractivity contribution in [1.82, 2.24) is 14.8 Å². The second-order valence-corrected chi connectivity index (χ2v) is 25.3. The lowest BCUT2D eigenvalue weighted by atomic mass is 10.0. The number of hydrogen-bond acceptors (Lipinski definition) is 8. The van der Waals surface area contributed by atoms with Crippen LogP contribution in [-0.4, -0.2) is 64.8 Å². The van der Waals surface area contributed by atoms with Crippen molar-refractivity contribution >= 4 is 37.2 Å². The lowest BCUT2D eigenvalue weighted by Crippen LogP contribution is -2.28. The van der Waals surface area contributed by atoms with Gasteiger partial charge >= 0.3 is 15.6 Å². The highest BCUT2D eigenvalue weighted by Crippen LogP contribution is 2.36.